The number of halogens is 1. The second-order valence-corrected chi connectivity index (χ2v) is 7.46. The van der Waals surface area contributed by atoms with E-state index in [0.29, 0.717) is 10.8 Å². The molecule has 1 N–H and O–H groups in total. The Hall–Kier alpha value is -2.60. The van der Waals surface area contributed by atoms with Crippen LogP contribution < -0.4 is 5.32 Å². The summed E-state index contributed by atoms with van der Waals surface area (Å²) in [4.78, 5) is 15.2. The monoisotopic (exact) mass is 410 g/mol. The molecule has 0 aliphatic carbocycles. The zero-order valence-corrected chi connectivity index (χ0v) is 16.8. The predicted octanol–water partition coefficient (Wildman–Crippen LogP) is 4.40. The molecule has 0 bridgehead atoms. The van der Waals surface area contributed by atoms with Crippen molar-refractivity contribution in [2.24, 2.45) is 0 Å². The van der Waals surface area contributed by atoms with E-state index in [0.717, 1.165) is 44.0 Å². The van der Waals surface area contributed by atoms with Crippen molar-refractivity contribution in [3.05, 3.63) is 83.1 Å². The predicted molar refractivity (Wildman–Crippen MR) is 113 cm³/mol. The zero-order valence-electron chi connectivity index (χ0n) is 16.0. The SMILES string of the molecule is O=C(NC(CN1CCOCC1)c1ccccc1)c1ccc(-c2ccc(Cl)cc2)o1. The Balaban J connectivity index is 1.49. The number of ether oxygens (including phenoxy) is 1. The fourth-order valence-corrected chi connectivity index (χ4v) is 3.55. The van der Waals surface area contributed by atoms with E-state index in [2.05, 4.69) is 10.2 Å². The molecule has 4 rings (SSSR count). The number of benzene rings is 2. The molecule has 1 fully saturated rings. The summed E-state index contributed by atoms with van der Waals surface area (Å²) < 4.78 is 11.2. The number of nitrogens with zero attached hydrogens (tertiary/aromatic N) is 1. The minimum absolute atomic E-state index is 0.133. The molecular formula is C23H23ClN2O3. The maximum atomic E-state index is 12.9. The fourth-order valence-electron chi connectivity index (χ4n) is 3.42. The molecule has 1 saturated heterocycles. The van der Waals surface area contributed by atoms with Crippen molar-refractivity contribution in [2.45, 2.75) is 6.04 Å². The van der Waals surface area contributed by atoms with E-state index < -0.39 is 0 Å². The molecule has 29 heavy (non-hydrogen) atoms. The van der Waals surface area contributed by atoms with Gasteiger partial charge in [0, 0.05) is 30.2 Å². The summed E-state index contributed by atoms with van der Waals surface area (Å²) in [6.45, 7) is 3.89. The Bertz CT molecular complexity index is 934. The first-order valence-electron chi connectivity index (χ1n) is 9.71. The van der Waals surface area contributed by atoms with Gasteiger partial charge in [-0.2, -0.15) is 0 Å². The molecule has 1 aliphatic heterocycles. The Labute approximate surface area is 175 Å². The average Bonchev–Trinajstić information content (AvgIpc) is 3.26. The largest absolute Gasteiger partial charge is 0.451 e. The lowest BCUT2D eigenvalue weighted by molar-refractivity contribution is 0.0331. The van der Waals surface area contributed by atoms with Crippen molar-refractivity contribution < 1.29 is 13.9 Å². The van der Waals surface area contributed by atoms with Gasteiger partial charge in [-0.05, 0) is 42.0 Å². The van der Waals surface area contributed by atoms with E-state index in [1.165, 1.54) is 0 Å². The summed E-state index contributed by atoms with van der Waals surface area (Å²) in [5.74, 6) is 0.696. The van der Waals surface area contributed by atoms with E-state index >= 15 is 0 Å². The van der Waals surface area contributed by atoms with Crippen LogP contribution >= 0.6 is 11.6 Å². The van der Waals surface area contributed by atoms with Gasteiger partial charge in [0.25, 0.3) is 5.91 Å². The number of hydrogen-bond donors (Lipinski definition) is 1. The van der Waals surface area contributed by atoms with Crippen LogP contribution in [0.4, 0.5) is 0 Å². The molecule has 2 aromatic carbocycles. The van der Waals surface area contributed by atoms with Crippen LogP contribution in [0.3, 0.4) is 0 Å². The molecule has 3 aromatic rings. The summed E-state index contributed by atoms with van der Waals surface area (Å²) in [5, 5.41) is 3.79. The molecule has 0 radical (unpaired) electrons. The Morgan fingerprint density at radius 2 is 1.72 bits per heavy atom. The number of rotatable bonds is 6. The van der Waals surface area contributed by atoms with Gasteiger partial charge in [0.1, 0.15) is 5.76 Å². The van der Waals surface area contributed by atoms with Crippen LogP contribution in [0.1, 0.15) is 22.2 Å². The van der Waals surface area contributed by atoms with Crippen LogP contribution in [-0.2, 0) is 4.74 Å². The molecule has 0 saturated carbocycles. The first kappa shape index (κ1) is 19.7. The molecule has 1 atom stereocenters. The van der Waals surface area contributed by atoms with E-state index in [-0.39, 0.29) is 17.7 Å². The number of amides is 1. The van der Waals surface area contributed by atoms with Gasteiger partial charge < -0.3 is 14.5 Å². The minimum Gasteiger partial charge on any atom is -0.451 e. The second-order valence-electron chi connectivity index (χ2n) is 7.02. The summed E-state index contributed by atoms with van der Waals surface area (Å²) in [6, 6.07) is 20.7. The van der Waals surface area contributed by atoms with Gasteiger partial charge >= 0.3 is 0 Å². The van der Waals surface area contributed by atoms with Crippen LogP contribution in [0.5, 0.6) is 0 Å². The lowest BCUT2D eigenvalue weighted by atomic mass is 10.1. The Kier molecular flexibility index (Phi) is 6.30. The molecule has 6 heteroatoms. The molecular weight excluding hydrogens is 388 g/mol. The van der Waals surface area contributed by atoms with Gasteiger partial charge in [0.15, 0.2) is 5.76 Å². The highest BCUT2D eigenvalue weighted by Gasteiger charge is 2.22. The van der Waals surface area contributed by atoms with Crippen LogP contribution in [0.15, 0.2) is 71.1 Å². The maximum absolute atomic E-state index is 12.9. The molecule has 1 unspecified atom stereocenters. The molecule has 1 amide bonds. The van der Waals surface area contributed by atoms with Crippen LogP contribution in [0, 0.1) is 0 Å². The van der Waals surface area contributed by atoms with Gasteiger partial charge in [0.05, 0.1) is 19.3 Å². The van der Waals surface area contributed by atoms with Crippen LogP contribution in [-0.4, -0.2) is 43.7 Å². The van der Waals surface area contributed by atoms with Gasteiger partial charge in [-0.25, -0.2) is 0 Å². The van der Waals surface area contributed by atoms with E-state index in [9.17, 15) is 4.79 Å². The molecule has 5 nitrogen and oxygen atoms in total. The topological polar surface area (TPSA) is 54.7 Å². The van der Waals surface area contributed by atoms with Crippen LogP contribution in [0.2, 0.25) is 5.02 Å². The maximum Gasteiger partial charge on any atom is 0.287 e. The Morgan fingerprint density at radius 1 is 1.00 bits per heavy atom. The minimum atomic E-state index is -0.229. The number of morpholine rings is 1. The lowest BCUT2D eigenvalue weighted by Gasteiger charge is -2.31. The standard InChI is InChI=1S/C23H23ClN2O3/c24-19-8-6-18(7-9-19)21-10-11-22(29-21)23(27)25-20(17-4-2-1-3-5-17)16-26-12-14-28-15-13-26/h1-11,20H,12-16H2,(H,25,27). The molecule has 1 aliphatic rings. The molecule has 150 valence electrons. The van der Waals surface area contributed by atoms with Crippen molar-refractivity contribution in [1.29, 1.82) is 0 Å². The molecule has 1 aromatic heterocycles. The number of carbonyl (C=O) groups excluding carboxylic acids is 1. The lowest BCUT2D eigenvalue weighted by Crippen LogP contribution is -2.43. The number of hydrogen-bond acceptors (Lipinski definition) is 4. The quantitative estimate of drug-likeness (QED) is 0.654. The normalized spacial score (nSPS) is 15.8. The summed E-state index contributed by atoms with van der Waals surface area (Å²) >= 11 is 5.94. The summed E-state index contributed by atoms with van der Waals surface area (Å²) in [7, 11) is 0. The van der Waals surface area contributed by atoms with Crippen molar-refractivity contribution in [1.82, 2.24) is 10.2 Å². The average molecular weight is 411 g/mol. The van der Waals surface area contributed by atoms with E-state index in [4.69, 9.17) is 20.8 Å². The third-order valence-electron chi connectivity index (χ3n) is 5.01. The second kappa shape index (κ2) is 9.27. The van der Waals surface area contributed by atoms with Gasteiger partial charge in [-0.15, -0.1) is 0 Å². The third-order valence-corrected chi connectivity index (χ3v) is 5.26. The van der Waals surface area contributed by atoms with Gasteiger partial charge in [0.2, 0.25) is 0 Å². The molecule has 2 heterocycles. The Morgan fingerprint density at radius 3 is 2.45 bits per heavy atom. The highest BCUT2D eigenvalue weighted by Crippen LogP contribution is 2.24. The van der Waals surface area contributed by atoms with E-state index in [1.54, 1.807) is 24.3 Å². The fraction of sp³-hybridized carbons (Fsp3) is 0.261. The van der Waals surface area contributed by atoms with Crippen molar-refractivity contribution >= 4 is 17.5 Å². The van der Waals surface area contributed by atoms with Crippen LogP contribution in [0.25, 0.3) is 11.3 Å². The third kappa shape index (κ3) is 5.07. The first-order chi connectivity index (χ1) is 14.2. The van der Waals surface area contributed by atoms with Crippen molar-refractivity contribution in [3.8, 4) is 11.3 Å². The highest BCUT2D eigenvalue weighted by molar-refractivity contribution is 6.30. The zero-order chi connectivity index (χ0) is 20.1. The summed E-state index contributed by atoms with van der Waals surface area (Å²) in [5.41, 5.74) is 1.94. The smallest absolute Gasteiger partial charge is 0.287 e. The van der Waals surface area contributed by atoms with Gasteiger partial charge in [-0.3, -0.25) is 9.69 Å². The van der Waals surface area contributed by atoms with Crippen molar-refractivity contribution in [3.63, 3.8) is 0 Å². The highest BCUT2D eigenvalue weighted by atomic mass is 35.5. The van der Waals surface area contributed by atoms with E-state index in [1.807, 2.05) is 42.5 Å². The van der Waals surface area contributed by atoms with Gasteiger partial charge in [-0.1, -0.05) is 41.9 Å². The van der Waals surface area contributed by atoms with Crippen molar-refractivity contribution in [2.75, 3.05) is 32.8 Å². The molecule has 0 spiro atoms. The number of furan rings is 1. The number of carbonyl (C=O) groups is 1. The number of nitrogens with one attached hydrogen (secondary N) is 1. The summed E-state index contributed by atoms with van der Waals surface area (Å²) in [6.07, 6.45) is 0. The first-order valence-corrected chi connectivity index (χ1v) is 10.1.